The molecule has 1 aliphatic rings. The molecule has 0 saturated heterocycles. The number of rotatable bonds is 3. The summed E-state index contributed by atoms with van der Waals surface area (Å²) < 4.78 is 5.19. The number of ether oxygens (including phenoxy) is 1. The lowest BCUT2D eigenvalue weighted by atomic mass is 9.94. The average molecular weight is 327 g/mol. The summed E-state index contributed by atoms with van der Waals surface area (Å²) in [5.74, 6) is -0.344. The molecule has 0 spiro atoms. The van der Waals surface area contributed by atoms with Gasteiger partial charge < -0.3 is 15.4 Å². The molecule has 2 N–H and O–H groups in total. The van der Waals surface area contributed by atoms with Crippen LogP contribution >= 0.6 is 12.2 Å². The van der Waals surface area contributed by atoms with Crippen molar-refractivity contribution < 1.29 is 9.53 Å². The van der Waals surface area contributed by atoms with Crippen molar-refractivity contribution in [1.29, 1.82) is 0 Å². The molecular weight excluding hydrogens is 310 g/mol. The third-order valence-corrected chi connectivity index (χ3v) is 3.94. The second-order valence-electron chi connectivity index (χ2n) is 5.25. The first kappa shape index (κ1) is 15.4. The largest absolute Gasteiger partial charge is 0.463 e. The van der Waals surface area contributed by atoms with Gasteiger partial charge in [-0.2, -0.15) is 0 Å². The molecule has 6 heteroatoms. The molecule has 0 bridgehead atoms. The lowest BCUT2D eigenvalue weighted by molar-refractivity contribution is -0.139. The van der Waals surface area contributed by atoms with E-state index in [1.165, 1.54) is 0 Å². The quantitative estimate of drug-likeness (QED) is 0.667. The zero-order chi connectivity index (χ0) is 16.4. The molecule has 1 aromatic carbocycles. The maximum Gasteiger partial charge on any atom is 0.338 e. The number of fused-ring (bicyclic) bond motifs is 1. The number of carbonyl (C=O) groups is 1. The normalized spacial score (nSPS) is 17.7. The molecule has 2 aromatic rings. The molecule has 0 amide bonds. The summed E-state index contributed by atoms with van der Waals surface area (Å²) in [7, 11) is 0. The van der Waals surface area contributed by atoms with Gasteiger partial charge in [0.15, 0.2) is 5.11 Å². The molecule has 5 nitrogen and oxygen atoms in total. The van der Waals surface area contributed by atoms with Gasteiger partial charge in [0.1, 0.15) is 0 Å². The second kappa shape index (κ2) is 6.34. The zero-order valence-electron chi connectivity index (χ0n) is 12.9. The number of carbonyl (C=O) groups excluding carboxylic acids is 1. The molecule has 0 radical (unpaired) electrons. The molecule has 3 rings (SSSR count). The Labute approximate surface area is 139 Å². The number of esters is 1. The molecule has 0 unspecified atom stereocenters. The van der Waals surface area contributed by atoms with Crippen molar-refractivity contribution in [2.24, 2.45) is 0 Å². The predicted molar refractivity (Wildman–Crippen MR) is 92.7 cm³/mol. The van der Waals surface area contributed by atoms with E-state index in [1.54, 1.807) is 13.1 Å². The zero-order valence-corrected chi connectivity index (χ0v) is 13.7. The van der Waals surface area contributed by atoms with Gasteiger partial charge >= 0.3 is 5.97 Å². The lowest BCUT2D eigenvalue weighted by Gasteiger charge is -2.30. The number of nitrogens with zero attached hydrogens (tertiary/aromatic N) is 1. The molecule has 0 saturated carbocycles. The summed E-state index contributed by atoms with van der Waals surface area (Å²) in [4.78, 5) is 16.7. The summed E-state index contributed by atoms with van der Waals surface area (Å²) in [6, 6.07) is 9.45. The maximum atomic E-state index is 12.3. The van der Waals surface area contributed by atoms with Crippen LogP contribution in [0.5, 0.6) is 0 Å². The highest BCUT2D eigenvalue weighted by molar-refractivity contribution is 7.80. The fourth-order valence-electron chi connectivity index (χ4n) is 2.70. The third kappa shape index (κ3) is 3.03. The number of hydrogen-bond donors (Lipinski definition) is 2. The first-order chi connectivity index (χ1) is 11.1. The summed E-state index contributed by atoms with van der Waals surface area (Å²) in [5.41, 5.74) is 3.11. The molecule has 0 aliphatic carbocycles. The highest BCUT2D eigenvalue weighted by atomic mass is 32.1. The Morgan fingerprint density at radius 3 is 3.00 bits per heavy atom. The summed E-state index contributed by atoms with van der Waals surface area (Å²) >= 11 is 5.24. The predicted octanol–water partition coefficient (Wildman–Crippen LogP) is 2.59. The van der Waals surface area contributed by atoms with Gasteiger partial charge in [-0.25, -0.2) is 4.79 Å². The highest BCUT2D eigenvalue weighted by Gasteiger charge is 2.30. The number of nitrogens with one attached hydrogen (secondary N) is 2. The van der Waals surface area contributed by atoms with E-state index in [-0.39, 0.29) is 12.0 Å². The van der Waals surface area contributed by atoms with Gasteiger partial charge in [0.25, 0.3) is 0 Å². The number of benzene rings is 1. The Hall–Kier alpha value is -2.47. The molecule has 1 aliphatic heterocycles. The van der Waals surface area contributed by atoms with Gasteiger partial charge in [-0.1, -0.05) is 12.1 Å². The summed E-state index contributed by atoms with van der Waals surface area (Å²) in [6.07, 6.45) is 1.76. The molecule has 0 fully saturated rings. The van der Waals surface area contributed by atoms with Crippen molar-refractivity contribution in [3.8, 4) is 0 Å². The van der Waals surface area contributed by atoms with Crippen molar-refractivity contribution in [3.63, 3.8) is 0 Å². The minimum Gasteiger partial charge on any atom is -0.463 e. The van der Waals surface area contributed by atoms with Gasteiger partial charge in [0.2, 0.25) is 0 Å². The number of aromatic nitrogens is 1. The molecule has 118 valence electrons. The highest BCUT2D eigenvalue weighted by Crippen LogP contribution is 2.29. The first-order valence-corrected chi connectivity index (χ1v) is 7.81. The van der Waals surface area contributed by atoms with Crippen LogP contribution in [0.1, 0.15) is 25.5 Å². The lowest BCUT2D eigenvalue weighted by Crippen LogP contribution is -2.45. The Kier molecular flexibility index (Phi) is 4.25. The number of allylic oxidation sites excluding steroid dienone is 1. The Morgan fingerprint density at radius 2 is 2.22 bits per heavy atom. The van der Waals surface area contributed by atoms with E-state index in [0.717, 1.165) is 16.5 Å². The van der Waals surface area contributed by atoms with E-state index in [0.29, 0.717) is 23.0 Å². The van der Waals surface area contributed by atoms with E-state index in [1.807, 2.05) is 37.3 Å². The topological polar surface area (TPSA) is 63.2 Å². The standard InChI is InChI=1S/C17H17N3O2S/c1-3-22-16(21)14-10(2)19-17(23)20-15(14)12-6-7-13-11(9-12)5-4-8-18-13/h4-9,15H,3H2,1-2H3,(H2,19,20,23)/t15-/m0/s1. The van der Waals surface area contributed by atoms with Crippen molar-refractivity contribution in [1.82, 2.24) is 15.6 Å². The van der Waals surface area contributed by atoms with Crippen LogP contribution in [0.2, 0.25) is 0 Å². The molecule has 2 heterocycles. The Balaban J connectivity index is 2.07. The monoisotopic (exact) mass is 327 g/mol. The smallest absolute Gasteiger partial charge is 0.338 e. The van der Waals surface area contributed by atoms with E-state index in [4.69, 9.17) is 17.0 Å². The summed E-state index contributed by atoms with van der Waals surface area (Å²) in [6.45, 7) is 3.95. The molecule has 1 aromatic heterocycles. The van der Waals surface area contributed by atoms with E-state index < -0.39 is 0 Å². The summed E-state index contributed by atoms with van der Waals surface area (Å²) in [5, 5.41) is 7.65. The average Bonchev–Trinajstić information content (AvgIpc) is 2.53. The molecular formula is C17H17N3O2S. The number of thiocarbonyl (C=S) groups is 1. The van der Waals surface area contributed by atoms with Gasteiger partial charge in [-0.3, -0.25) is 4.98 Å². The van der Waals surface area contributed by atoms with Crippen molar-refractivity contribution in [2.45, 2.75) is 19.9 Å². The van der Waals surface area contributed by atoms with Crippen molar-refractivity contribution in [2.75, 3.05) is 6.61 Å². The van der Waals surface area contributed by atoms with E-state index in [9.17, 15) is 4.79 Å². The number of hydrogen-bond acceptors (Lipinski definition) is 4. The van der Waals surface area contributed by atoms with Crippen LogP contribution in [-0.2, 0) is 9.53 Å². The minimum atomic E-state index is -0.344. The van der Waals surface area contributed by atoms with Gasteiger partial charge in [-0.05, 0) is 49.8 Å². The van der Waals surface area contributed by atoms with E-state index >= 15 is 0 Å². The molecule has 1 atom stereocenters. The van der Waals surface area contributed by atoms with Crippen LogP contribution in [-0.4, -0.2) is 22.7 Å². The maximum absolute atomic E-state index is 12.3. The van der Waals surface area contributed by atoms with Crippen LogP contribution < -0.4 is 10.6 Å². The SMILES string of the molecule is CCOC(=O)C1=C(C)NC(=S)N[C@H]1c1ccc2ncccc2c1. The van der Waals surface area contributed by atoms with Crippen molar-refractivity contribution >= 4 is 34.2 Å². The van der Waals surface area contributed by atoms with Crippen LogP contribution in [0.4, 0.5) is 0 Å². The Bertz CT molecular complexity index is 816. The fraction of sp³-hybridized carbons (Fsp3) is 0.235. The fourth-order valence-corrected chi connectivity index (χ4v) is 2.97. The second-order valence-corrected chi connectivity index (χ2v) is 5.65. The number of pyridine rings is 1. The van der Waals surface area contributed by atoms with Crippen LogP contribution in [0.3, 0.4) is 0 Å². The van der Waals surface area contributed by atoms with Crippen molar-refractivity contribution in [3.05, 3.63) is 53.4 Å². The van der Waals surface area contributed by atoms with Gasteiger partial charge in [0.05, 0.1) is 23.7 Å². The molecule has 23 heavy (non-hydrogen) atoms. The third-order valence-electron chi connectivity index (χ3n) is 3.72. The first-order valence-electron chi connectivity index (χ1n) is 7.40. The van der Waals surface area contributed by atoms with Gasteiger partial charge in [-0.15, -0.1) is 0 Å². The van der Waals surface area contributed by atoms with Crippen LogP contribution in [0, 0.1) is 0 Å². The van der Waals surface area contributed by atoms with E-state index in [2.05, 4.69) is 15.6 Å². The Morgan fingerprint density at radius 1 is 1.39 bits per heavy atom. The van der Waals surface area contributed by atoms with Crippen LogP contribution in [0.25, 0.3) is 10.9 Å². The van der Waals surface area contributed by atoms with Gasteiger partial charge in [0, 0.05) is 17.3 Å². The minimum absolute atomic E-state index is 0.328. The van der Waals surface area contributed by atoms with Crippen LogP contribution in [0.15, 0.2) is 47.8 Å².